The van der Waals surface area contributed by atoms with Crippen molar-refractivity contribution in [3.05, 3.63) is 57.1 Å². The van der Waals surface area contributed by atoms with Crippen molar-refractivity contribution in [1.82, 2.24) is 0 Å². The van der Waals surface area contributed by atoms with Crippen LogP contribution in [-0.4, -0.2) is 100 Å². The third kappa shape index (κ3) is 6.34. The number of nitrogens with two attached hydrogens (primary N) is 1. The molecule has 7 atom stereocenters. The third-order valence-electron chi connectivity index (χ3n) is 9.62. The second-order valence-electron chi connectivity index (χ2n) is 12.5. The van der Waals surface area contributed by atoms with Crippen molar-refractivity contribution >= 4 is 17.3 Å². The van der Waals surface area contributed by atoms with Crippen LogP contribution in [0.5, 0.6) is 11.5 Å². The van der Waals surface area contributed by atoms with Crippen LogP contribution in [0.15, 0.2) is 18.2 Å². The van der Waals surface area contributed by atoms with Gasteiger partial charge in [0.05, 0.1) is 36.0 Å². The average Bonchev–Trinajstić information content (AvgIpc) is 3.06. The molecule has 2 aromatic rings. The molecule has 5 rings (SSSR count). The number of aromatic hydroxyl groups is 2. The summed E-state index contributed by atoms with van der Waals surface area (Å²) in [5, 5.41) is 55.4. The number of fused-ring (bicyclic) bond motifs is 3. The van der Waals surface area contributed by atoms with Gasteiger partial charge < -0.3 is 50.2 Å². The van der Waals surface area contributed by atoms with Gasteiger partial charge in [0.25, 0.3) is 0 Å². The van der Waals surface area contributed by atoms with Crippen LogP contribution in [0.3, 0.4) is 0 Å². The van der Waals surface area contributed by atoms with Crippen LogP contribution in [-0.2, 0) is 36.6 Å². The van der Waals surface area contributed by atoms with E-state index in [4.69, 9.17) is 24.7 Å². The lowest BCUT2D eigenvalue weighted by molar-refractivity contribution is -0.258. The molecule has 0 radical (unpaired) electrons. The Bertz CT molecular complexity index is 1540. The van der Waals surface area contributed by atoms with Crippen LogP contribution in [0.2, 0.25) is 0 Å². The van der Waals surface area contributed by atoms with E-state index in [2.05, 4.69) is 0 Å². The maximum atomic E-state index is 13.9. The summed E-state index contributed by atoms with van der Waals surface area (Å²) in [7, 11) is 1.51. The van der Waals surface area contributed by atoms with Crippen LogP contribution in [0, 0.1) is 5.92 Å². The van der Waals surface area contributed by atoms with E-state index in [1.807, 2.05) is 6.92 Å². The molecule has 3 aliphatic rings. The molecule has 2 aliphatic carbocycles. The minimum Gasteiger partial charge on any atom is -0.507 e. The molecule has 0 spiro atoms. The highest BCUT2D eigenvalue weighted by molar-refractivity contribution is 6.31. The molecule has 1 saturated heterocycles. The summed E-state index contributed by atoms with van der Waals surface area (Å²) in [4.78, 5) is 40.5. The van der Waals surface area contributed by atoms with Gasteiger partial charge in [0, 0.05) is 55.2 Å². The highest BCUT2D eigenvalue weighted by Gasteiger charge is 2.50. The van der Waals surface area contributed by atoms with Crippen LogP contribution >= 0.6 is 0 Å². The molecule has 0 aromatic heterocycles. The molecule has 7 N–H and O–H groups in total. The van der Waals surface area contributed by atoms with Gasteiger partial charge >= 0.3 is 0 Å². The van der Waals surface area contributed by atoms with E-state index in [1.165, 1.54) is 13.2 Å². The number of carbonyl (C=O) groups excluding carboxylic acids is 3. The number of phenolic OH excluding ortho intramolecular Hbond substituents is 2. The van der Waals surface area contributed by atoms with Crippen LogP contribution in [0.1, 0.15) is 94.2 Å². The van der Waals surface area contributed by atoms with Crippen molar-refractivity contribution in [1.29, 1.82) is 0 Å². The molecule has 1 aliphatic heterocycles. The molecule has 2 aromatic carbocycles. The Labute approximate surface area is 272 Å². The van der Waals surface area contributed by atoms with Gasteiger partial charge in [0.1, 0.15) is 23.7 Å². The minimum atomic E-state index is -2.25. The summed E-state index contributed by atoms with van der Waals surface area (Å²) in [5.41, 5.74) is 3.04. The highest BCUT2D eigenvalue weighted by Crippen LogP contribution is 2.52. The SMILES string of the molecule is CCc1cccc2c1C(=O)c1c(O)c3c(c(O)c1C2=O)C[C@@](O)(C(=O)CO)C[C@@H]3O[C@H]1C[C@H](CC[C@@H](OC)OCCN)[C@H](O)[C@H](C)O1. The first-order valence-corrected chi connectivity index (χ1v) is 15.9. The maximum Gasteiger partial charge on any atom is 0.198 e. The van der Waals surface area contributed by atoms with Crippen molar-refractivity contribution < 1.29 is 58.9 Å². The van der Waals surface area contributed by atoms with Crippen LogP contribution < -0.4 is 5.73 Å². The number of rotatable bonds is 12. The average molecular weight is 658 g/mol. The van der Waals surface area contributed by atoms with Gasteiger partial charge in [-0.15, -0.1) is 0 Å². The molecule has 1 heterocycles. The first kappa shape index (κ1) is 35.0. The number of aryl methyl sites for hydroxylation is 1. The molecule has 1 fully saturated rings. The van der Waals surface area contributed by atoms with Gasteiger partial charge in [0.2, 0.25) is 0 Å². The standard InChI is InChI=1S/C34H43NO12/c1-4-17-6-5-7-19-25(17)32(41)28-27(30(19)39)31(40)20-13-34(43,22(37)15-36)14-21(26(20)33(28)42)47-24-12-18(29(38)16(2)46-24)8-9-23(44-3)45-11-10-35/h5-7,16,18,21,23-24,29,36,38,40,42-43H,4,8-15,35H2,1-3H3/t16-,18-,21-,23-,24-,29+,34-/m0/s1. The first-order valence-electron chi connectivity index (χ1n) is 15.9. The Kier molecular flexibility index (Phi) is 10.5. The summed E-state index contributed by atoms with van der Waals surface area (Å²) in [6, 6.07) is 4.81. The summed E-state index contributed by atoms with van der Waals surface area (Å²) >= 11 is 0. The normalized spacial score (nSPS) is 27.6. The van der Waals surface area contributed by atoms with E-state index in [9.17, 15) is 39.9 Å². The quantitative estimate of drug-likeness (QED) is 0.121. The number of ketones is 3. The number of ether oxygens (including phenoxy) is 4. The number of aliphatic hydroxyl groups excluding tert-OH is 2. The molecule has 0 bridgehead atoms. The van der Waals surface area contributed by atoms with E-state index >= 15 is 0 Å². The summed E-state index contributed by atoms with van der Waals surface area (Å²) in [6.07, 6.45) is -3.96. The number of carbonyl (C=O) groups is 3. The second kappa shape index (κ2) is 14.1. The van der Waals surface area contributed by atoms with Crippen LogP contribution in [0.4, 0.5) is 0 Å². The molecule has 0 amide bonds. The van der Waals surface area contributed by atoms with Gasteiger partial charge in [-0.1, -0.05) is 25.1 Å². The van der Waals surface area contributed by atoms with Crippen molar-refractivity contribution in [2.24, 2.45) is 11.7 Å². The Balaban J connectivity index is 1.54. The number of methoxy groups -OCH3 is 1. The zero-order chi connectivity index (χ0) is 34.2. The lowest BCUT2D eigenvalue weighted by atomic mass is 9.71. The number of benzene rings is 2. The lowest BCUT2D eigenvalue weighted by Gasteiger charge is -2.43. The number of hydrogen-bond acceptors (Lipinski definition) is 13. The van der Waals surface area contributed by atoms with Crippen molar-refractivity contribution in [3.8, 4) is 11.5 Å². The van der Waals surface area contributed by atoms with Gasteiger partial charge in [-0.25, -0.2) is 0 Å². The molecule has 47 heavy (non-hydrogen) atoms. The molecule has 0 unspecified atom stereocenters. The molecular formula is C34H43NO12. The molecule has 13 heteroatoms. The van der Waals surface area contributed by atoms with Crippen LogP contribution in [0.25, 0.3) is 0 Å². The fourth-order valence-electron chi connectivity index (χ4n) is 7.15. The topological polar surface area (TPSA) is 215 Å². The monoisotopic (exact) mass is 657 g/mol. The second-order valence-corrected chi connectivity index (χ2v) is 12.5. The Hall–Kier alpha value is -3.27. The van der Waals surface area contributed by atoms with E-state index in [1.54, 1.807) is 19.1 Å². The van der Waals surface area contributed by atoms with E-state index in [-0.39, 0.29) is 40.2 Å². The van der Waals surface area contributed by atoms with Crippen molar-refractivity contribution in [2.75, 3.05) is 26.9 Å². The lowest BCUT2D eigenvalue weighted by Crippen LogP contribution is -2.49. The maximum absolute atomic E-state index is 13.9. The molecule has 13 nitrogen and oxygen atoms in total. The summed E-state index contributed by atoms with van der Waals surface area (Å²) in [6.45, 7) is 3.09. The molecule has 0 saturated carbocycles. The minimum absolute atomic E-state index is 0.0659. The number of aliphatic hydroxyl groups is 3. The summed E-state index contributed by atoms with van der Waals surface area (Å²) < 4.78 is 23.2. The fraction of sp³-hybridized carbons (Fsp3) is 0.559. The Morgan fingerprint density at radius 2 is 1.87 bits per heavy atom. The van der Waals surface area contributed by atoms with Crippen molar-refractivity contribution in [3.63, 3.8) is 0 Å². The first-order chi connectivity index (χ1) is 22.4. The number of hydrogen-bond donors (Lipinski definition) is 6. The zero-order valence-electron chi connectivity index (χ0n) is 26.7. The van der Waals surface area contributed by atoms with Crippen molar-refractivity contribution in [2.45, 2.75) is 88.9 Å². The van der Waals surface area contributed by atoms with E-state index in [0.717, 1.165) is 0 Å². The zero-order valence-corrected chi connectivity index (χ0v) is 26.7. The van der Waals surface area contributed by atoms with Gasteiger partial charge in [-0.3, -0.25) is 14.4 Å². The smallest absolute Gasteiger partial charge is 0.198 e. The van der Waals surface area contributed by atoms with Gasteiger partial charge in [0.15, 0.2) is 29.9 Å². The van der Waals surface area contributed by atoms with Gasteiger partial charge in [-0.05, 0) is 37.7 Å². The van der Waals surface area contributed by atoms with E-state index < -0.39 is 90.4 Å². The number of Topliss-reactive ketones (excluding diaryl/α,β-unsaturated/α-hetero) is 1. The Morgan fingerprint density at radius 1 is 1.15 bits per heavy atom. The predicted molar refractivity (Wildman–Crippen MR) is 165 cm³/mol. The van der Waals surface area contributed by atoms with Gasteiger partial charge in [-0.2, -0.15) is 0 Å². The largest absolute Gasteiger partial charge is 0.507 e. The summed E-state index contributed by atoms with van der Waals surface area (Å²) in [5.74, 6) is -3.91. The number of phenols is 2. The highest BCUT2D eigenvalue weighted by atomic mass is 16.7. The fourth-order valence-corrected chi connectivity index (χ4v) is 7.15. The predicted octanol–water partition coefficient (Wildman–Crippen LogP) is 1.57. The molecular weight excluding hydrogens is 614 g/mol. The molecule has 256 valence electrons. The third-order valence-corrected chi connectivity index (χ3v) is 9.62. The Morgan fingerprint density at radius 3 is 2.53 bits per heavy atom. The van der Waals surface area contributed by atoms with E-state index in [0.29, 0.717) is 38.0 Å².